The van der Waals surface area contributed by atoms with Crippen LogP contribution in [0.15, 0.2) is 39.9 Å². The summed E-state index contributed by atoms with van der Waals surface area (Å²) in [5.41, 5.74) is 0.354. The van der Waals surface area contributed by atoms with Gasteiger partial charge < -0.3 is 19.5 Å². The summed E-state index contributed by atoms with van der Waals surface area (Å²) in [6.45, 7) is 6.18. The van der Waals surface area contributed by atoms with Crippen LogP contribution in [0, 0.1) is 0 Å². The van der Waals surface area contributed by atoms with Crippen LogP contribution < -0.4 is 10.9 Å². The Morgan fingerprint density at radius 1 is 1.16 bits per heavy atom. The van der Waals surface area contributed by atoms with Crippen LogP contribution in [0.5, 0.6) is 0 Å². The van der Waals surface area contributed by atoms with E-state index in [2.05, 4.69) is 26.2 Å². The molecular formula is C21H26BrN5O4. The molecule has 1 aliphatic rings. The van der Waals surface area contributed by atoms with Crippen molar-refractivity contribution in [2.45, 2.75) is 32.4 Å². The number of carbonyl (C=O) groups excluding carboxylic acids is 2. The van der Waals surface area contributed by atoms with Gasteiger partial charge in [0.2, 0.25) is 5.91 Å². The smallest absolute Gasteiger partial charge is 0.411 e. The zero-order chi connectivity index (χ0) is 22.9. The topological polar surface area (TPSA) is 96.8 Å². The van der Waals surface area contributed by atoms with E-state index in [9.17, 15) is 14.4 Å². The number of aryl methyl sites for hydroxylation is 1. The number of piperazine rings is 1. The maximum atomic E-state index is 12.9. The summed E-state index contributed by atoms with van der Waals surface area (Å²) < 4.78 is 7.45. The van der Waals surface area contributed by atoms with Crippen LogP contribution in [0.25, 0.3) is 0 Å². The molecule has 0 aliphatic carbocycles. The summed E-state index contributed by atoms with van der Waals surface area (Å²) >= 11 is 3.27. The number of nitrogens with one attached hydrogen (secondary N) is 1. The van der Waals surface area contributed by atoms with Gasteiger partial charge >= 0.3 is 6.09 Å². The predicted molar refractivity (Wildman–Crippen MR) is 120 cm³/mol. The number of benzene rings is 1. The van der Waals surface area contributed by atoms with Gasteiger partial charge in [-0.2, -0.15) is 0 Å². The van der Waals surface area contributed by atoms with Crippen LogP contribution in [0.1, 0.15) is 32.4 Å². The number of hydrogen-bond acceptors (Lipinski definition) is 6. The van der Waals surface area contributed by atoms with Crippen LogP contribution in [-0.2, 0) is 16.6 Å². The SMILES string of the molecule is CN1CCN(C(=O)OC(C)(C)C)[C@H](c2ccc(Nc3nc(Br)cn(C)c3=O)cc2)C1=O. The molecule has 0 radical (unpaired) electrons. The van der Waals surface area contributed by atoms with Gasteiger partial charge in [-0.05, 0) is 54.4 Å². The number of nitrogens with zero attached hydrogens (tertiary/aromatic N) is 4. The third kappa shape index (κ3) is 5.25. The minimum absolute atomic E-state index is 0.175. The quantitative estimate of drug-likeness (QED) is 0.708. The van der Waals surface area contributed by atoms with Crippen molar-refractivity contribution in [1.29, 1.82) is 0 Å². The van der Waals surface area contributed by atoms with Gasteiger partial charge in [0.25, 0.3) is 5.56 Å². The third-order valence-electron chi connectivity index (χ3n) is 4.76. The molecular weight excluding hydrogens is 466 g/mol. The zero-order valence-electron chi connectivity index (χ0n) is 18.2. The molecule has 1 aliphatic heterocycles. The average Bonchev–Trinajstić information content (AvgIpc) is 2.67. The number of ether oxygens (including phenoxy) is 1. The van der Waals surface area contributed by atoms with Crippen LogP contribution in [-0.4, -0.2) is 57.1 Å². The number of hydrogen-bond donors (Lipinski definition) is 1. The summed E-state index contributed by atoms with van der Waals surface area (Å²) in [6.07, 6.45) is 1.05. The van der Waals surface area contributed by atoms with Crippen LogP contribution in [0.2, 0.25) is 0 Å². The molecule has 3 rings (SSSR count). The lowest BCUT2D eigenvalue weighted by atomic mass is 10.0. The molecule has 0 bridgehead atoms. The first-order chi connectivity index (χ1) is 14.5. The molecule has 2 amide bonds. The zero-order valence-corrected chi connectivity index (χ0v) is 19.8. The molecule has 1 saturated heterocycles. The van der Waals surface area contributed by atoms with Crippen molar-refractivity contribution in [3.8, 4) is 0 Å². The molecule has 10 heteroatoms. The van der Waals surface area contributed by atoms with Crippen molar-refractivity contribution in [2.75, 3.05) is 25.5 Å². The minimum atomic E-state index is -0.778. The van der Waals surface area contributed by atoms with E-state index < -0.39 is 17.7 Å². The van der Waals surface area contributed by atoms with Crippen molar-refractivity contribution >= 4 is 39.4 Å². The summed E-state index contributed by atoms with van der Waals surface area (Å²) in [6, 6.07) is 6.21. The minimum Gasteiger partial charge on any atom is -0.444 e. The second-order valence-electron chi connectivity index (χ2n) is 8.41. The largest absolute Gasteiger partial charge is 0.444 e. The highest BCUT2D eigenvalue weighted by Crippen LogP contribution is 2.29. The Bertz CT molecular complexity index is 1050. The molecule has 9 nitrogen and oxygen atoms in total. The third-order valence-corrected chi connectivity index (χ3v) is 5.14. The summed E-state index contributed by atoms with van der Waals surface area (Å²) in [5, 5.41) is 2.99. The molecule has 166 valence electrons. The lowest BCUT2D eigenvalue weighted by Gasteiger charge is -2.39. The van der Waals surface area contributed by atoms with E-state index in [4.69, 9.17) is 4.74 Å². The molecule has 1 aromatic heterocycles. The fourth-order valence-corrected chi connectivity index (χ4v) is 3.70. The second kappa shape index (κ2) is 8.70. The van der Waals surface area contributed by atoms with Crippen molar-refractivity contribution in [3.05, 3.63) is 51.0 Å². The highest BCUT2D eigenvalue weighted by molar-refractivity contribution is 9.10. The Balaban J connectivity index is 1.87. The molecule has 1 N–H and O–H groups in total. The molecule has 1 fully saturated rings. The molecule has 1 atom stereocenters. The van der Waals surface area contributed by atoms with Gasteiger partial charge in [0.05, 0.1) is 0 Å². The number of rotatable bonds is 3. The van der Waals surface area contributed by atoms with E-state index in [0.29, 0.717) is 28.9 Å². The molecule has 31 heavy (non-hydrogen) atoms. The van der Waals surface area contributed by atoms with Gasteiger partial charge in [-0.3, -0.25) is 14.5 Å². The molecule has 1 aromatic carbocycles. The van der Waals surface area contributed by atoms with Crippen LogP contribution in [0.3, 0.4) is 0 Å². The van der Waals surface area contributed by atoms with E-state index in [1.807, 2.05) is 0 Å². The maximum Gasteiger partial charge on any atom is 0.411 e. The second-order valence-corrected chi connectivity index (χ2v) is 9.22. The number of aromatic nitrogens is 2. The molecule has 2 aromatic rings. The van der Waals surface area contributed by atoms with Crippen molar-refractivity contribution in [3.63, 3.8) is 0 Å². The fraction of sp³-hybridized carbons (Fsp3) is 0.429. The molecule has 0 spiro atoms. The van der Waals surface area contributed by atoms with E-state index in [0.717, 1.165) is 0 Å². The number of anilines is 2. The van der Waals surface area contributed by atoms with Gasteiger partial charge in [0.1, 0.15) is 16.2 Å². The fourth-order valence-electron chi connectivity index (χ4n) is 3.21. The van der Waals surface area contributed by atoms with E-state index in [1.54, 1.807) is 70.2 Å². The first-order valence-corrected chi connectivity index (χ1v) is 10.6. The summed E-state index contributed by atoms with van der Waals surface area (Å²) in [4.78, 5) is 45.1. The number of halogens is 1. The number of likely N-dealkylation sites (N-methyl/N-ethyl adjacent to an activating group) is 1. The van der Waals surface area contributed by atoms with E-state index in [-0.39, 0.29) is 17.3 Å². The molecule has 0 unspecified atom stereocenters. The first kappa shape index (κ1) is 22.8. The molecule has 0 saturated carbocycles. The van der Waals surface area contributed by atoms with Crippen molar-refractivity contribution in [2.24, 2.45) is 7.05 Å². The highest BCUT2D eigenvalue weighted by atomic mass is 79.9. The Labute approximate surface area is 189 Å². The van der Waals surface area contributed by atoms with Gasteiger partial charge in [0.15, 0.2) is 5.82 Å². The summed E-state index contributed by atoms with van der Waals surface area (Å²) in [7, 11) is 3.35. The maximum absolute atomic E-state index is 12.9. The Hall–Kier alpha value is -2.88. The normalized spacial score (nSPS) is 17.0. The van der Waals surface area contributed by atoms with E-state index >= 15 is 0 Å². The Kier molecular flexibility index (Phi) is 6.40. The number of carbonyl (C=O) groups is 2. The summed E-state index contributed by atoms with van der Waals surface area (Å²) in [5.74, 6) is -0.00572. The van der Waals surface area contributed by atoms with Crippen molar-refractivity contribution in [1.82, 2.24) is 19.4 Å². The van der Waals surface area contributed by atoms with Gasteiger partial charge in [0, 0.05) is 39.1 Å². The predicted octanol–water partition coefficient (Wildman–Crippen LogP) is 3.04. The van der Waals surface area contributed by atoms with Gasteiger partial charge in [-0.1, -0.05) is 12.1 Å². The standard InChI is InChI=1S/C21H26BrN5O4/c1-21(2,3)31-20(30)27-11-10-25(4)18(28)16(27)13-6-8-14(9-7-13)23-17-19(29)26(5)12-15(22)24-17/h6-9,12,16H,10-11H2,1-5H3,(H,23,24)/t16-/m1/s1. The lowest BCUT2D eigenvalue weighted by Crippen LogP contribution is -2.53. The van der Waals surface area contributed by atoms with Crippen LogP contribution in [0.4, 0.5) is 16.3 Å². The number of amides is 2. The average molecular weight is 492 g/mol. The van der Waals surface area contributed by atoms with Crippen molar-refractivity contribution < 1.29 is 14.3 Å². The monoisotopic (exact) mass is 491 g/mol. The van der Waals surface area contributed by atoms with E-state index in [1.165, 1.54) is 9.47 Å². The Morgan fingerprint density at radius 2 is 1.81 bits per heavy atom. The first-order valence-electron chi connectivity index (χ1n) is 9.81. The van der Waals surface area contributed by atoms with Gasteiger partial charge in [-0.15, -0.1) is 0 Å². The van der Waals surface area contributed by atoms with Gasteiger partial charge in [-0.25, -0.2) is 9.78 Å². The molecule has 2 heterocycles. The van der Waals surface area contributed by atoms with Crippen LogP contribution >= 0.6 is 15.9 Å². The highest BCUT2D eigenvalue weighted by Gasteiger charge is 2.39. The Morgan fingerprint density at radius 3 is 2.42 bits per heavy atom. The lowest BCUT2D eigenvalue weighted by molar-refractivity contribution is -0.140.